The molecule has 1 heterocycles. The van der Waals surface area contributed by atoms with Crippen molar-refractivity contribution in [2.45, 2.75) is 34.5 Å². The Morgan fingerprint density at radius 1 is 1.00 bits per heavy atom. The van der Waals surface area contributed by atoms with E-state index in [-0.39, 0.29) is 0 Å². The molecule has 0 N–H and O–H groups in total. The first-order chi connectivity index (χ1) is 6.78. The summed E-state index contributed by atoms with van der Waals surface area (Å²) >= 11 is -1.98. The summed E-state index contributed by atoms with van der Waals surface area (Å²) in [5, 5.41) is 0. The van der Waals surface area contributed by atoms with Gasteiger partial charge in [-0.25, -0.2) is 0 Å². The van der Waals surface area contributed by atoms with Gasteiger partial charge in [0.25, 0.3) is 0 Å². The van der Waals surface area contributed by atoms with Crippen LogP contribution in [0.25, 0.3) is 0 Å². The number of benzene rings is 1. The number of hydrogen-bond acceptors (Lipinski definition) is 2. The van der Waals surface area contributed by atoms with E-state index in [4.69, 9.17) is 9.47 Å². The van der Waals surface area contributed by atoms with Gasteiger partial charge in [-0.05, 0) is 0 Å². The van der Waals surface area contributed by atoms with Crippen LogP contribution in [0.5, 0.6) is 11.5 Å². The van der Waals surface area contributed by atoms with Crippen molar-refractivity contribution in [1.82, 2.24) is 0 Å². The van der Waals surface area contributed by atoms with Crippen LogP contribution in [0.15, 0.2) is 18.2 Å². The van der Waals surface area contributed by atoms with E-state index in [1.807, 2.05) is 19.9 Å². The Morgan fingerprint density at radius 2 is 1.60 bits per heavy atom. The third-order valence-electron chi connectivity index (χ3n) is 2.52. The summed E-state index contributed by atoms with van der Waals surface area (Å²) in [4.78, 5) is 7.20. The van der Waals surface area contributed by atoms with Gasteiger partial charge < -0.3 is 0 Å². The van der Waals surface area contributed by atoms with Crippen molar-refractivity contribution in [3.05, 3.63) is 18.2 Å². The van der Waals surface area contributed by atoms with Gasteiger partial charge in [-0.2, -0.15) is 0 Å². The number of fused-ring (bicyclic) bond motifs is 1. The molecule has 3 heteroatoms. The molecule has 0 aromatic heterocycles. The van der Waals surface area contributed by atoms with E-state index in [1.54, 1.807) is 0 Å². The van der Waals surface area contributed by atoms with Crippen molar-refractivity contribution >= 4 is 22.0 Å². The van der Waals surface area contributed by atoms with Crippen molar-refractivity contribution in [2.75, 3.05) is 0 Å². The zero-order chi connectivity index (χ0) is 11.3. The summed E-state index contributed by atoms with van der Waals surface area (Å²) < 4.78 is 12.9. The molecular weight excluding hydrogens is 295 g/mol. The normalized spacial score (nSPS) is 17.9. The average Bonchev–Trinajstić information content (AvgIpc) is 2.34. The summed E-state index contributed by atoms with van der Waals surface area (Å²) in [6.07, 6.45) is 0. The van der Waals surface area contributed by atoms with Gasteiger partial charge >= 0.3 is 95.6 Å². The summed E-state index contributed by atoms with van der Waals surface area (Å²) in [7, 11) is 0. The predicted octanol–water partition coefficient (Wildman–Crippen LogP) is 2.74. The summed E-state index contributed by atoms with van der Waals surface area (Å²) in [5.74, 6) is 1.28. The van der Waals surface area contributed by atoms with Gasteiger partial charge in [0.05, 0.1) is 0 Å². The topological polar surface area (TPSA) is 18.5 Å². The van der Waals surface area contributed by atoms with Gasteiger partial charge in [0.15, 0.2) is 0 Å². The molecule has 0 atom stereocenters. The minimum atomic E-state index is -1.98. The van der Waals surface area contributed by atoms with Crippen molar-refractivity contribution in [2.24, 2.45) is 0 Å². The number of ether oxygens (including phenoxy) is 2. The van der Waals surface area contributed by atoms with Crippen LogP contribution < -0.4 is 13.1 Å². The van der Waals surface area contributed by atoms with Gasteiger partial charge in [0.2, 0.25) is 0 Å². The standard InChI is InChI=1S/C9H9O2.3CH3.Sn/c1-9(2)10-7-5-3-4-6-8(7)11-9;;;;/h3,5-6H,1-2H3;3*1H3;. The second-order valence-electron chi connectivity index (χ2n) is 5.52. The minimum absolute atomic E-state index is 0.506. The van der Waals surface area contributed by atoms with Crippen molar-refractivity contribution in [1.29, 1.82) is 0 Å². The van der Waals surface area contributed by atoms with Gasteiger partial charge in [-0.3, -0.25) is 0 Å². The van der Waals surface area contributed by atoms with Crippen LogP contribution >= 0.6 is 0 Å². The molecule has 1 aromatic carbocycles. The van der Waals surface area contributed by atoms with Gasteiger partial charge in [-0.15, -0.1) is 0 Å². The van der Waals surface area contributed by atoms with E-state index in [0.717, 1.165) is 11.5 Å². The van der Waals surface area contributed by atoms with Gasteiger partial charge in [-0.1, -0.05) is 0 Å². The van der Waals surface area contributed by atoms with E-state index in [2.05, 4.69) is 27.0 Å². The Bertz CT molecular complexity index is 391. The fraction of sp³-hybridized carbons (Fsp3) is 0.500. The molecule has 2 rings (SSSR count). The first-order valence-electron chi connectivity index (χ1n) is 5.30. The summed E-state index contributed by atoms with van der Waals surface area (Å²) in [5.41, 5.74) is 0. The van der Waals surface area contributed by atoms with Crippen LogP contribution in [-0.4, -0.2) is 24.2 Å². The second kappa shape index (κ2) is 3.30. The molecule has 1 aliphatic rings. The first kappa shape index (κ1) is 11.1. The van der Waals surface area contributed by atoms with Crippen LogP contribution in [0.2, 0.25) is 14.8 Å². The van der Waals surface area contributed by atoms with Crippen LogP contribution in [0.1, 0.15) is 13.8 Å². The molecule has 0 bridgehead atoms. The Labute approximate surface area is 95.5 Å². The van der Waals surface area contributed by atoms with E-state index in [9.17, 15) is 0 Å². The summed E-state index contributed by atoms with van der Waals surface area (Å²) in [6, 6.07) is 6.40. The predicted molar refractivity (Wildman–Crippen MR) is 64.8 cm³/mol. The van der Waals surface area contributed by atoms with E-state index in [0.29, 0.717) is 0 Å². The molecule has 1 aliphatic heterocycles. The van der Waals surface area contributed by atoms with Crippen LogP contribution in [0, 0.1) is 0 Å². The molecule has 82 valence electrons. The van der Waals surface area contributed by atoms with Crippen molar-refractivity contribution in [3.8, 4) is 11.5 Å². The van der Waals surface area contributed by atoms with Gasteiger partial charge in [0, 0.05) is 0 Å². The number of hydrogen-bond donors (Lipinski definition) is 0. The van der Waals surface area contributed by atoms with Gasteiger partial charge in [0.1, 0.15) is 0 Å². The molecule has 0 amide bonds. The van der Waals surface area contributed by atoms with E-state index in [1.165, 1.54) is 3.58 Å². The Hall–Kier alpha value is -0.381. The SMILES string of the molecule is CC1(C)Oc2cc[c]([Sn]([CH3])([CH3])[CH3])cc2O1. The second-order valence-corrected chi connectivity index (χ2v) is 20.0. The Morgan fingerprint density at radius 3 is 2.20 bits per heavy atom. The molecule has 0 fully saturated rings. The third kappa shape index (κ3) is 2.24. The zero-order valence-corrected chi connectivity index (χ0v) is 12.9. The maximum atomic E-state index is 5.74. The molecule has 0 spiro atoms. The molecular formula is C12H18O2Sn. The average molecular weight is 313 g/mol. The molecule has 2 nitrogen and oxygen atoms in total. The molecule has 0 aliphatic carbocycles. The zero-order valence-electron chi connectivity index (χ0n) is 10.0. The fourth-order valence-corrected chi connectivity index (χ4v) is 4.96. The fourth-order valence-electron chi connectivity index (χ4n) is 1.69. The van der Waals surface area contributed by atoms with Crippen molar-refractivity contribution < 1.29 is 9.47 Å². The molecule has 0 radical (unpaired) electrons. The number of rotatable bonds is 1. The quantitative estimate of drug-likeness (QED) is 0.742. The molecule has 1 aromatic rings. The first-order valence-corrected chi connectivity index (χ1v) is 15.3. The summed E-state index contributed by atoms with van der Waals surface area (Å²) in [6.45, 7) is 3.88. The Balaban J connectivity index is 2.39. The van der Waals surface area contributed by atoms with E-state index >= 15 is 0 Å². The van der Waals surface area contributed by atoms with Crippen LogP contribution in [0.3, 0.4) is 0 Å². The Kier molecular flexibility index (Phi) is 2.45. The molecule has 0 unspecified atom stereocenters. The molecule has 0 saturated heterocycles. The van der Waals surface area contributed by atoms with Crippen LogP contribution in [-0.2, 0) is 0 Å². The maximum absolute atomic E-state index is 5.74. The monoisotopic (exact) mass is 314 g/mol. The van der Waals surface area contributed by atoms with Crippen molar-refractivity contribution in [3.63, 3.8) is 0 Å². The molecule has 0 saturated carbocycles. The third-order valence-corrected chi connectivity index (χ3v) is 8.35. The molecule has 15 heavy (non-hydrogen) atoms. The van der Waals surface area contributed by atoms with Crippen LogP contribution in [0.4, 0.5) is 0 Å². The van der Waals surface area contributed by atoms with E-state index < -0.39 is 24.2 Å².